The Hall–Kier alpha value is -1.69. The quantitative estimate of drug-likeness (QED) is 0.826. The molecule has 26 heavy (non-hydrogen) atoms. The summed E-state index contributed by atoms with van der Waals surface area (Å²) in [6, 6.07) is 1.75. The molecule has 0 spiro atoms. The van der Waals surface area contributed by atoms with E-state index in [0.29, 0.717) is 6.54 Å². The van der Waals surface area contributed by atoms with Crippen LogP contribution in [0.1, 0.15) is 62.4 Å². The van der Waals surface area contributed by atoms with E-state index in [2.05, 4.69) is 4.90 Å². The van der Waals surface area contributed by atoms with Gasteiger partial charge in [0.25, 0.3) is 5.56 Å². The summed E-state index contributed by atoms with van der Waals surface area (Å²) >= 11 is 0. The molecule has 1 aromatic rings. The maximum atomic E-state index is 12.5. The zero-order valence-corrected chi connectivity index (χ0v) is 15.7. The maximum absolute atomic E-state index is 12.5. The third-order valence-electron chi connectivity index (χ3n) is 6.15. The molecule has 0 aromatic carbocycles. The molecular formula is C20H30N4O2. The average Bonchev–Trinajstić information content (AvgIpc) is 2.98. The standard InChI is InChI=1S/C20H30N4O2/c25-19-13-17(21-18-7-3-1-6-11-24(18)19)16-8-12-22(14-16)15-20(26)23-9-4-2-5-10-23/h13,16H,1-12,14-15H2/t16-/m0/s1. The zero-order chi connectivity index (χ0) is 17.9. The summed E-state index contributed by atoms with van der Waals surface area (Å²) in [5.41, 5.74) is 1.05. The first kappa shape index (κ1) is 17.7. The van der Waals surface area contributed by atoms with Gasteiger partial charge < -0.3 is 4.90 Å². The van der Waals surface area contributed by atoms with Crippen molar-refractivity contribution < 1.29 is 4.79 Å². The second-order valence-electron chi connectivity index (χ2n) is 8.06. The fourth-order valence-corrected chi connectivity index (χ4v) is 4.59. The van der Waals surface area contributed by atoms with Gasteiger partial charge >= 0.3 is 0 Å². The van der Waals surface area contributed by atoms with E-state index in [0.717, 1.165) is 82.8 Å². The predicted octanol–water partition coefficient (Wildman–Crippen LogP) is 1.77. The van der Waals surface area contributed by atoms with Crippen molar-refractivity contribution in [1.29, 1.82) is 0 Å². The molecule has 0 saturated carbocycles. The molecular weight excluding hydrogens is 328 g/mol. The molecule has 142 valence electrons. The van der Waals surface area contributed by atoms with E-state index >= 15 is 0 Å². The summed E-state index contributed by atoms with van der Waals surface area (Å²) < 4.78 is 1.86. The van der Waals surface area contributed by atoms with Crippen molar-refractivity contribution in [3.63, 3.8) is 0 Å². The van der Waals surface area contributed by atoms with Crippen molar-refractivity contribution in [1.82, 2.24) is 19.4 Å². The summed E-state index contributed by atoms with van der Waals surface area (Å²) in [6.07, 6.45) is 8.79. The highest BCUT2D eigenvalue weighted by atomic mass is 16.2. The molecule has 0 N–H and O–H groups in total. The van der Waals surface area contributed by atoms with Crippen molar-refractivity contribution in [2.45, 2.75) is 63.8 Å². The number of nitrogens with zero attached hydrogens (tertiary/aromatic N) is 4. The molecule has 3 aliphatic rings. The van der Waals surface area contributed by atoms with Crippen molar-refractivity contribution >= 4 is 5.91 Å². The number of hydrogen-bond acceptors (Lipinski definition) is 4. The van der Waals surface area contributed by atoms with E-state index in [9.17, 15) is 9.59 Å². The first-order chi connectivity index (χ1) is 12.7. The largest absolute Gasteiger partial charge is 0.342 e. The summed E-state index contributed by atoms with van der Waals surface area (Å²) in [5, 5.41) is 0. The lowest BCUT2D eigenvalue weighted by Crippen LogP contribution is -2.42. The first-order valence-electron chi connectivity index (χ1n) is 10.3. The van der Waals surface area contributed by atoms with Crippen LogP contribution in [0.4, 0.5) is 0 Å². The van der Waals surface area contributed by atoms with Crippen LogP contribution < -0.4 is 5.56 Å². The van der Waals surface area contributed by atoms with Crippen molar-refractivity contribution in [2.75, 3.05) is 32.7 Å². The molecule has 4 heterocycles. The Bertz CT molecular complexity index is 708. The van der Waals surface area contributed by atoms with Gasteiger partial charge in [-0.25, -0.2) is 4.98 Å². The minimum Gasteiger partial charge on any atom is -0.342 e. The lowest BCUT2D eigenvalue weighted by atomic mass is 10.0. The van der Waals surface area contributed by atoms with Gasteiger partial charge in [-0.2, -0.15) is 0 Å². The van der Waals surface area contributed by atoms with Crippen molar-refractivity contribution in [3.8, 4) is 0 Å². The number of carbonyl (C=O) groups excluding carboxylic acids is 1. The highest BCUT2D eigenvalue weighted by Gasteiger charge is 2.29. The van der Waals surface area contributed by atoms with Crippen LogP contribution in [0, 0.1) is 0 Å². The van der Waals surface area contributed by atoms with Crippen LogP contribution >= 0.6 is 0 Å². The van der Waals surface area contributed by atoms with Gasteiger partial charge in [0.2, 0.25) is 5.91 Å². The average molecular weight is 358 g/mol. The van der Waals surface area contributed by atoms with E-state index in [1.807, 2.05) is 9.47 Å². The summed E-state index contributed by atoms with van der Waals surface area (Å²) in [5.74, 6) is 1.51. The minimum atomic E-state index is 0.106. The van der Waals surface area contributed by atoms with Gasteiger partial charge in [0.05, 0.1) is 12.2 Å². The number of rotatable bonds is 3. The lowest BCUT2D eigenvalue weighted by Gasteiger charge is -2.28. The van der Waals surface area contributed by atoms with Gasteiger partial charge in [-0.15, -0.1) is 0 Å². The number of hydrogen-bond donors (Lipinski definition) is 0. The topological polar surface area (TPSA) is 58.4 Å². The Labute approximate surface area is 155 Å². The minimum absolute atomic E-state index is 0.106. The van der Waals surface area contributed by atoms with Gasteiger partial charge in [-0.1, -0.05) is 6.42 Å². The molecule has 6 nitrogen and oxygen atoms in total. The van der Waals surface area contributed by atoms with Crippen LogP contribution in [0.5, 0.6) is 0 Å². The van der Waals surface area contributed by atoms with Crippen LogP contribution in [0.15, 0.2) is 10.9 Å². The molecule has 0 aliphatic carbocycles. The zero-order valence-electron chi connectivity index (χ0n) is 15.7. The summed E-state index contributed by atoms with van der Waals surface area (Å²) in [7, 11) is 0. The second-order valence-corrected chi connectivity index (χ2v) is 8.06. The van der Waals surface area contributed by atoms with Crippen LogP contribution in [0.25, 0.3) is 0 Å². The van der Waals surface area contributed by atoms with Gasteiger partial charge in [-0.05, 0) is 45.1 Å². The Morgan fingerprint density at radius 1 is 1.04 bits per heavy atom. The fraction of sp³-hybridized carbons (Fsp3) is 0.750. The number of piperidine rings is 1. The SMILES string of the molecule is O=C(CN1CC[C@H](c2cc(=O)n3c(n2)CCCCC3)C1)N1CCCCC1. The van der Waals surface area contributed by atoms with E-state index < -0.39 is 0 Å². The molecule has 3 aliphatic heterocycles. The molecule has 0 unspecified atom stereocenters. The third kappa shape index (κ3) is 3.85. The van der Waals surface area contributed by atoms with Gasteiger partial charge in [0.15, 0.2) is 0 Å². The van der Waals surface area contributed by atoms with Crippen molar-refractivity contribution in [2.24, 2.45) is 0 Å². The van der Waals surface area contributed by atoms with E-state index in [1.165, 1.54) is 12.8 Å². The monoisotopic (exact) mass is 358 g/mol. The summed E-state index contributed by atoms with van der Waals surface area (Å²) in [4.78, 5) is 34.1. The number of amides is 1. The molecule has 1 atom stereocenters. The van der Waals surface area contributed by atoms with E-state index in [-0.39, 0.29) is 17.4 Å². The first-order valence-corrected chi connectivity index (χ1v) is 10.3. The molecule has 0 bridgehead atoms. The smallest absolute Gasteiger partial charge is 0.253 e. The van der Waals surface area contributed by atoms with Crippen LogP contribution in [-0.4, -0.2) is 58.0 Å². The Morgan fingerprint density at radius 2 is 1.81 bits per heavy atom. The molecule has 4 rings (SSSR count). The van der Waals surface area contributed by atoms with Crippen LogP contribution in [0.2, 0.25) is 0 Å². The molecule has 0 radical (unpaired) electrons. The van der Waals surface area contributed by atoms with Crippen molar-refractivity contribution in [3.05, 3.63) is 27.9 Å². The number of carbonyl (C=O) groups is 1. The molecule has 6 heteroatoms. The molecule has 2 fully saturated rings. The van der Waals surface area contributed by atoms with Gasteiger partial charge in [0.1, 0.15) is 5.82 Å². The lowest BCUT2D eigenvalue weighted by molar-refractivity contribution is -0.133. The molecule has 1 amide bonds. The normalized spacial score (nSPS) is 24.3. The maximum Gasteiger partial charge on any atom is 0.253 e. The van der Waals surface area contributed by atoms with Gasteiger partial charge in [0, 0.05) is 44.6 Å². The number of fused-ring (bicyclic) bond motifs is 1. The Kier molecular flexibility index (Phi) is 5.38. The van der Waals surface area contributed by atoms with Gasteiger partial charge in [-0.3, -0.25) is 19.1 Å². The summed E-state index contributed by atoms with van der Waals surface area (Å²) in [6.45, 7) is 4.92. The predicted molar refractivity (Wildman–Crippen MR) is 100 cm³/mol. The van der Waals surface area contributed by atoms with E-state index in [1.54, 1.807) is 6.07 Å². The van der Waals surface area contributed by atoms with Crippen LogP contribution in [-0.2, 0) is 17.8 Å². The number of aromatic nitrogens is 2. The number of aryl methyl sites for hydroxylation is 1. The molecule has 1 aromatic heterocycles. The Balaban J connectivity index is 1.40. The highest BCUT2D eigenvalue weighted by Crippen LogP contribution is 2.26. The fourth-order valence-electron chi connectivity index (χ4n) is 4.59. The van der Waals surface area contributed by atoms with E-state index in [4.69, 9.17) is 4.98 Å². The highest BCUT2D eigenvalue weighted by molar-refractivity contribution is 5.78. The second kappa shape index (κ2) is 7.91. The van der Waals surface area contributed by atoms with Crippen LogP contribution in [0.3, 0.4) is 0 Å². The Morgan fingerprint density at radius 3 is 2.65 bits per heavy atom. The number of likely N-dealkylation sites (tertiary alicyclic amines) is 2. The third-order valence-corrected chi connectivity index (χ3v) is 6.15. The molecule has 2 saturated heterocycles.